The predicted octanol–water partition coefficient (Wildman–Crippen LogP) is 4.33. The van der Waals surface area contributed by atoms with Gasteiger partial charge in [-0.05, 0) is 44.6 Å². The number of likely N-dealkylation sites (N-methyl/N-ethyl adjacent to an activating group) is 1. The molecule has 1 saturated heterocycles. The monoisotopic (exact) mass is 461 g/mol. The van der Waals surface area contributed by atoms with Crippen LogP contribution < -0.4 is 10.2 Å². The highest BCUT2D eigenvalue weighted by Gasteiger charge is 2.17. The molecule has 0 aliphatic carbocycles. The highest BCUT2D eigenvalue weighted by molar-refractivity contribution is 7.98. The first-order valence-electron chi connectivity index (χ1n) is 11.4. The molecule has 0 bridgehead atoms. The minimum atomic E-state index is -0.0368. The van der Waals surface area contributed by atoms with Crippen molar-refractivity contribution >= 4 is 23.5 Å². The van der Waals surface area contributed by atoms with Crippen molar-refractivity contribution in [3.8, 4) is 11.3 Å². The number of benzene rings is 2. The van der Waals surface area contributed by atoms with Crippen molar-refractivity contribution in [2.75, 3.05) is 45.2 Å². The lowest BCUT2D eigenvalue weighted by molar-refractivity contribution is 0.0951. The molecule has 0 spiro atoms. The van der Waals surface area contributed by atoms with E-state index in [1.54, 1.807) is 11.8 Å². The summed E-state index contributed by atoms with van der Waals surface area (Å²) in [6, 6.07) is 20.2. The quantitative estimate of drug-likeness (QED) is 0.378. The van der Waals surface area contributed by atoms with Gasteiger partial charge in [-0.2, -0.15) is 0 Å². The van der Waals surface area contributed by atoms with Crippen LogP contribution in [0, 0.1) is 0 Å². The molecule has 172 valence electrons. The molecule has 7 heteroatoms. The van der Waals surface area contributed by atoms with Crippen LogP contribution in [0.1, 0.15) is 28.8 Å². The second-order valence-corrected chi connectivity index (χ2v) is 9.44. The molecule has 1 N–H and O–H groups in total. The molecule has 2 aromatic carbocycles. The molecule has 1 aliphatic heterocycles. The maximum absolute atomic E-state index is 12.3. The van der Waals surface area contributed by atoms with Crippen molar-refractivity contribution < 1.29 is 4.79 Å². The van der Waals surface area contributed by atoms with Crippen molar-refractivity contribution in [3.05, 3.63) is 71.8 Å². The Labute approximate surface area is 200 Å². The number of anilines is 1. The summed E-state index contributed by atoms with van der Waals surface area (Å²) in [4.78, 5) is 26.4. The fraction of sp³-hybridized carbons (Fsp3) is 0.346. The van der Waals surface area contributed by atoms with Crippen molar-refractivity contribution in [1.29, 1.82) is 0 Å². The van der Waals surface area contributed by atoms with Crippen LogP contribution in [0.2, 0.25) is 0 Å². The van der Waals surface area contributed by atoms with Gasteiger partial charge in [-0.15, -0.1) is 0 Å². The zero-order valence-electron chi connectivity index (χ0n) is 19.3. The van der Waals surface area contributed by atoms with Crippen LogP contribution in [0.3, 0.4) is 0 Å². The number of nitrogens with one attached hydrogen (secondary N) is 1. The Balaban J connectivity index is 1.44. The normalized spacial score (nSPS) is 13.5. The maximum Gasteiger partial charge on any atom is 0.251 e. The highest BCUT2D eigenvalue weighted by Crippen LogP contribution is 2.28. The maximum atomic E-state index is 12.3. The van der Waals surface area contributed by atoms with E-state index in [2.05, 4.69) is 28.4 Å². The number of carbonyl (C=O) groups excluding carboxylic acids is 1. The highest BCUT2D eigenvalue weighted by atomic mass is 32.2. The number of rotatable bonds is 9. The standard InChI is InChI=1S/C26H31N5OS/c1-30(2)17-14-27-25(32)22-12-10-20(11-13-22)19-33-26-28-23(21-8-4-3-5-9-21)18-24(29-26)31-15-6-7-16-31/h3-5,8-13,18H,6-7,14-17,19H2,1-2H3,(H,27,32). The van der Waals surface area contributed by atoms with Crippen LogP contribution in [-0.4, -0.2) is 61.0 Å². The predicted molar refractivity (Wildman–Crippen MR) is 136 cm³/mol. The lowest BCUT2D eigenvalue weighted by atomic mass is 10.1. The van der Waals surface area contributed by atoms with Gasteiger partial charge in [0.25, 0.3) is 5.91 Å². The third-order valence-corrected chi connectivity index (χ3v) is 6.54. The summed E-state index contributed by atoms with van der Waals surface area (Å²) >= 11 is 1.63. The molecular formula is C26H31N5OS. The molecule has 0 unspecified atom stereocenters. The number of amides is 1. The molecule has 3 aromatic rings. The van der Waals surface area contributed by atoms with Gasteiger partial charge < -0.3 is 15.1 Å². The Morgan fingerprint density at radius 2 is 1.76 bits per heavy atom. The average molecular weight is 462 g/mol. The summed E-state index contributed by atoms with van der Waals surface area (Å²) in [5.74, 6) is 1.72. The van der Waals surface area contributed by atoms with Gasteiger partial charge in [0, 0.05) is 49.1 Å². The van der Waals surface area contributed by atoms with Gasteiger partial charge in [0.2, 0.25) is 0 Å². The number of carbonyl (C=O) groups is 1. The van der Waals surface area contributed by atoms with Crippen molar-refractivity contribution in [3.63, 3.8) is 0 Å². The molecule has 0 atom stereocenters. The van der Waals surface area contributed by atoms with Crippen LogP contribution in [0.5, 0.6) is 0 Å². The molecule has 0 saturated carbocycles. The van der Waals surface area contributed by atoms with E-state index >= 15 is 0 Å². The molecule has 2 heterocycles. The Morgan fingerprint density at radius 1 is 1.03 bits per heavy atom. The van der Waals surface area contributed by atoms with Gasteiger partial charge in [-0.25, -0.2) is 9.97 Å². The second kappa shape index (κ2) is 11.3. The van der Waals surface area contributed by atoms with Crippen molar-refractivity contribution in [2.45, 2.75) is 23.8 Å². The number of thioether (sulfide) groups is 1. The average Bonchev–Trinajstić information content (AvgIpc) is 3.38. The van der Waals surface area contributed by atoms with Crippen molar-refractivity contribution in [1.82, 2.24) is 20.2 Å². The van der Waals surface area contributed by atoms with E-state index in [1.165, 1.54) is 12.8 Å². The first kappa shape index (κ1) is 23.3. The SMILES string of the molecule is CN(C)CCNC(=O)c1ccc(CSc2nc(-c3ccccc3)cc(N3CCCC3)n2)cc1. The molecule has 1 amide bonds. The fourth-order valence-corrected chi connectivity index (χ4v) is 4.55. The van der Waals surface area contributed by atoms with E-state index in [1.807, 2.05) is 61.5 Å². The van der Waals surface area contributed by atoms with Crippen LogP contribution in [-0.2, 0) is 5.75 Å². The lowest BCUT2D eigenvalue weighted by Crippen LogP contribution is -2.31. The topological polar surface area (TPSA) is 61.4 Å². The van der Waals surface area contributed by atoms with E-state index in [4.69, 9.17) is 9.97 Å². The van der Waals surface area contributed by atoms with Crippen molar-refractivity contribution in [2.24, 2.45) is 0 Å². The van der Waals surface area contributed by atoms with Gasteiger partial charge in [0.15, 0.2) is 5.16 Å². The smallest absolute Gasteiger partial charge is 0.251 e. The summed E-state index contributed by atoms with van der Waals surface area (Å²) < 4.78 is 0. The summed E-state index contributed by atoms with van der Waals surface area (Å²) in [6.07, 6.45) is 2.42. The Hall–Kier alpha value is -2.90. The number of hydrogen-bond donors (Lipinski definition) is 1. The number of aromatic nitrogens is 2. The van der Waals surface area contributed by atoms with E-state index in [0.29, 0.717) is 12.1 Å². The molecule has 6 nitrogen and oxygen atoms in total. The largest absolute Gasteiger partial charge is 0.356 e. The lowest BCUT2D eigenvalue weighted by Gasteiger charge is -2.18. The Kier molecular flexibility index (Phi) is 7.96. The fourth-order valence-electron chi connectivity index (χ4n) is 3.74. The van der Waals surface area contributed by atoms with E-state index in [-0.39, 0.29) is 5.91 Å². The molecule has 0 radical (unpaired) electrons. The van der Waals surface area contributed by atoms with Crippen LogP contribution >= 0.6 is 11.8 Å². The third-order valence-electron chi connectivity index (χ3n) is 5.62. The first-order chi connectivity index (χ1) is 16.1. The number of nitrogens with zero attached hydrogens (tertiary/aromatic N) is 4. The number of hydrogen-bond acceptors (Lipinski definition) is 6. The van der Waals surface area contributed by atoms with Gasteiger partial charge >= 0.3 is 0 Å². The minimum absolute atomic E-state index is 0.0368. The Morgan fingerprint density at radius 3 is 2.45 bits per heavy atom. The molecular weight excluding hydrogens is 430 g/mol. The van der Waals surface area contributed by atoms with Crippen LogP contribution in [0.15, 0.2) is 65.8 Å². The summed E-state index contributed by atoms with van der Waals surface area (Å²) in [5.41, 5.74) is 3.88. The minimum Gasteiger partial charge on any atom is -0.356 e. The molecule has 1 aliphatic rings. The molecule has 1 fully saturated rings. The summed E-state index contributed by atoms with van der Waals surface area (Å²) in [7, 11) is 3.98. The van der Waals surface area contributed by atoms with E-state index in [0.717, 1.165) is 53.2 Å². The van der Waals surface area contributed by atoms with Crippen LogP contribution in [0.25, 0.3) is 11.3 Å². The second-order valence-electron chi connectivity index (χ2n) is 8.50. The van der Waals surface area contributed by atoms with Gasteiger partial charge in [-0.3, -0.25) is 4.79 Å². The van der Waals surface area contributed by atoms with Gasteiger partial charge in [0.1, 0.15) is 5.82 Å². The third kappa shape index (κ3) is 6.55. The Bertz CT molecular complexity index is 1050. The molecule has 4 rings (SSSR count). The van der Waals surface area contributed by atoms with E-state index < -0.39 is 0 Å². The van der Waals surface area contributed by atoms with Crippen LogP contribution in [0.4, 0.5) is 5.82 Å². The van der Waals surface area contributed by atoms with Gasteiger partial charge in [-0.1, -0.05) is 54.2 Å². The summed E-state index contributed by atoms with van der Waals surface area (Å²) in [6.45, 7) is 3.56. The summed E-state index contributed by atoms with van der Waals surface area (Å²) in [5, 5.41) is 3.73. The first-order valence-corrected chi connectivity index (χ1v) is 12.4. The zero-order chi connectivity index (χ0) is 23.0. The van der Waals surface area contributed by atoms with Gasteiger partial charge in [0.05, 0.1) is 5.69 Å². The zero-order valence-corrected chi connectivity index (χ0v) is 20.1. The van der Waals surface area contributed by atoms with E-state index in [9.17, 15) is 4.79 Å². The molecule has 33 heavy (non-hydrogen) atoms. The molecule has 1 aromatic heterocycles.